The van der Waals surface area contributed by atoms with Gasteiger partial charge in [-0.3, -0.25) is 4.90 Å². The number of piperidine rings is 1. The van der Waals surface area contributed by atoms with E-state index in [9.17, 15) is 4.39 Å². The Morgan fingerprint density at radius 3 is 2.79 bits per heavy atom. The molecular weight excluding hydrogens is 418 g/mol. The van der Waals surface area contributed by atoms with Crippen LogP contribution in [0.5, 0.6) is 0 Å². The summed E-state index contributed by atoms with van der Waals surface area (Å²) in [6.07, 6.45) is 3.94. The van der Waals surface area contributed by atoms with Crippen LogP contribution < -0.4 is 10.6 Å². The molecule has 1 atom stereocenters. The highest BCUT2D eigenvalue weighted by Crippen LogP contribution is 2.15. The molecule has 0 spiro atoms. The average Bonchev–Trinajstić information content (AvgIpc) is 2.55. The summed E-state index contributed by atoms with van der Waals surface area (Å²) in [4.78, 5) is 7.01. The summed E-state index contributed by atoms with van der Waals surface area (Å²) in [5, 5.41) is 6.57. The highest BCUT2D eigenvalue weighted by atomic mass is 127. The van der Waals surface area contributed by atoms with Gasteiger partial charge in [-0.05, 0) is 39.3 Å². The van der Waals surface area contributed by atoms with Crippen LogP contribution in [-0.2, 0) is 6.54 Å². The molecule has 0 amide bonds. The highest BCUT2D eigenvalue weighted by Gasteiger charge is 2.17. The summed E-state index contributed by atoms with van der Waals surface area (Å²) in [6, 6.07) is 7.46. The number of rotatable bonds is 6. The van der Waals surface area contributed by atoms with Gasteiger partial charge in [0.2, 0.25) is 0 Å². The topological polar surface area (TPSA) is 39.7 Å². The maximum Gasteiger partial charge on any atom is 0.191 e. The van der Waals surface area contributed by atoms with E-state index in [4.69, 9.17) is 0 Å². The lowest BCUT2D eigenvalue weighted by molar-refractivity contribution is 0.163. The Balaban J connectivity index is 0.00000288. The largest absolute Gasteiger partial charge is 0.357 e. The van der Waals surface area contributed by atoms with Gasteiger partial charge < -0.3 is 10.6 Å². The summed E-state index contributed by atoms with van der Waals surface area (Å²) < 4.78 is 13.6. The molecule has 1 fully saturated rings. The number of nitrogens with one attached hydrogen (secondary N) is 2. The van der Waals surface area contributed by atoms with Gasteiger partial charge in [-0.25, -0.2) is 9.38 Å². The number of hydrogen-bond donors (Lipinski definition) is 2. The van der Waals surface area contributed by atoms with Crippen molar-refractivity contribution in [1.82, 2.24) is 15.5 Å². The van der Waals surface area contributed by atoms with Crippen molar-refractivity contribution in [3.05, 3.63) is 35.6 Å². The first-order chi connectivity index (χ1) is 11.2. The molecule has 4 nitrogen and oxygen atoms in total. The van der Waals surface area contributed by atoms with Crippen LogP contribution in [0.25, 0.3) is 0 Å². The molecule has 2 N–H and O–H groups in total. The van der Waals surface area contributed by atoms with Gasteiger partial charge in [0.05, 0.1) is 6.54 Å². The number of halogens is 2. The van der Waals surface area contributed by atoms with Crippen LogP contribution in [-0.4, -0.2) is 43.1 Å². The molecule has 0 aromatic heterocycles. The summed E-state index contributed by atoms with van der Waals surface area (Å²) in [5.41, 5.74) is 0.620. The number of aliphatic imine (C=N–C) groups is 1. The number of guanidine groups is 1. The zero-order valence-corrected chi connectivity index (χ0v) is 17.1. The summed E-state index contributed by atoms with van der Waals surface area (Å²) in [6.45, 7) is 8.54. The molecule has 1 aliphatic rings. The maximum absolute atomic E-state index is 13.6. The fourth-order valence-electron chi connectivity index (χ4n) is 2.94. The summed E-state index contributed by atoms with van der Waals surface area (Å²) in [7, 11) is 0. The number of likely N-dealkylation sites (tertiary alicyclic amines) is 1. The van der Waals surface area contributed by atoms with Crippen molar-refractivity contribution in [3.63, 3.8) is 0 Å². The smallest absolute Gasteiger partial charge is 0.191 e. The predicted molar refractivity (Wildman–Crippen MR) is 110 cm³/mol. The van der Waals surface area contributed by atoms with E-state index in [1.807, 2.05) is 13.0 Å². The molecule has 1 saturated heterocycles. The fourth-order valence-corrected chi connectivity index (χ4v) is 2.94. The zero-order chi connectivity index (χ0) is 16.5. The van der Waals surface area contributed by atoms with E-state index in [1.165, 1.54) is 31.9 Å². The van der Waals surface area contributed by atoms with Crippen LogP contribution in [0, 0.1) is 5.82 Å². The van der Waals surface area contributed by atoms with Gasteiger partial charge in [-0.2, -0.15) is 0 Å². The third kappa shape index (κ3) is 6.93. The van der Waals surface area contributed by atoms with E-state index in [-0.39, 0.29) is 29.8 Å². The van der Waals surface area contributed by atoms with Crippen molar-refractivity contribution in [2.24, 2.45) is 4.99 Å². The molecule has 0 aliphatic carbocycles. The molecule has 0 radical (unpaired) electrons. The van der Waals surface area contributed by atoms with Gasteiger partial charge in [0.1, 0.15) is 5.82 Å². The Morgan fingerprint density at radius 2 is 2.08 bits per heavy atom. The molecule has 24 heavy (non-hydrogen) atoms. The van der Waals surface area contributed by atoms with Crippen LogP contribution in [0.2, 0.25) is 0 Å². The highest BCUT2D eigenvalue weighted by molar-refractivity contribution is 14.0. The van der Waals surface area contributed by atoms with E-state index >= 15 is 0 Å². The molecule has 1 aromatic carbocycles. The predicted octanol–water partition coefficient (Wildman–Crippen LogP) is 3.37. The Hall–Kier alpha value is -0.890. The van der Waals surface area contributed by atoms with Crippen molar-refractivity contribution in [2.45, 2.75) is 45.7 Å². The molecule has 1 aromatic rings. The Morgan fingerprint density at radius 1 is 1.29 bits per heavy atom. The van der Waals surface area contributed by atoms with E-state index < -0.39 is 0 Å². The third-order valence-electron chi connectivity index (χ3n) is 4.34. The van der Waals surface area contributed by atoms with Gasteiger partial charge in [-0.15, -0.1) is 24.0 Å². The van der Waals surface area contributed by atoms with E-state index in [0.29, 0.717) is 18.2 Å². The minimum Gasteiger partial charge on any atom is -0.357 e. The van der Waals surface area contributed by atoms with Crippen LogP contribution in [0.3, 0.4) is 0 Å². The van der Waals surface area contributed by atoms with Crippen molar-refractivity contribution >= 4 is 29.9 Å². The molecule has 136 valence electrons. The Bertz CT molecular complexity index is 510. The quantitative estimate of drug-likeness (QED) is 0.398. The van der Waals surface area contributed by atoms with Gasteiger partial charge in [0.15, 0.2) is 5.96 Å². The molecular formula is C18H30FIN4. The van der Waals surface area contributed by atoms with Crippen LogP contribution >= 0.6 is 24.0 Å². The van der Waals surface area contributed by atoms with Gasteiger partial charge in [-0.1, -0.05) is 24.6 Å². The standard InChI is InChI=1S/C18H29FN4.HI/c1-3-20-18(22-14-16-9-4-5-10-17(16)19)21-11-13-23-12-7-6-8-15(23)2;/h4-5,9-10,15H,3,6-8,11-14H2,1-2H3,(H2,20,21,22);1H. The molecule has 1 aliphatic heterocycles. The zero-order valence-electron chi connectivity index (χ0n) is 14.7. The summed E-state index contributed by atoms with van der Waals surface area (Å²) in [5.74, 6) is 0.551. The first kappa shape index (κ1) is 21.2. The lowest BCUT2D eigenvalue weighted by atomic mass is 10.0. The third-order valence-corrected chi connectivity index (χ3v) is 4.34. The van der Waals surface area contributed by atoms with Crippen molar-refractivity contribution in [1.29, 1.82) is 0 Å². The molecule has 0 saturated carbocycles. The molecule has 1 unspecified atom stereocenters. The SMILES string of the molecule is CCNC(=NCc1ccccc1F)NCCN1CCCCC1C.I. The van der Waals surface area contributed by atoms with E-state index in [2.05, 4.69) is 27.4 Å². The number of benzene rings is 1. The monoisotopic (exact) mass is 448 g/mol. The lowest BCUT2D eigenvalue weighted by Gasteiger charge is -2.33. The van der Waals surface area contributed by atoms with Crippen molar-refractivity contribution < 1.29 is 4.39 Å². The molecule has 2 rings (SSSR count). The minimum atomic E-state index is -0.200. The van der Waals surface area contributed by atoms with E-state index in [0.717, 1.165) is 25.6 Å². The van der Waals surface area contributed by atoms with Crippen molar-refractivity contribution in [3.8, 4) is 0 Å². The molecule has 6 heteroatoms. The van der Waals surface area contributed by atoms with Crippen LogP contribution in [0.15, 0.2) is 29.3 Å². The fraction of sp³-hybridized carbons (Fsp3) is 0.611. The first-order valence-electron chi connectivity index (χ1n) is 8.70. The van der Waals surface area contributed by atoms with Gasteiger partial charge in [0, 0.05) is 31.2 Å². The second kappa shape index (κ2) is 11.6. The van der Waals surface area contributed by atoms with Crippen molar-refractivity contribution in [2.75, 3.05) is 26.2 Å². The van der Waals surface area contributed by atoms with E-state index in [1.54, 1.807) is 12.1 Å². The second-order valence-electron chi connectivity index (χ2n) is 6.09. The van der Waals surface area contributed by atoms with Gasteiger partial charge >= 0.3 is 0 Å². The first-order valence-corrected chi connectivity index (χ1v) is 8.70. The van der Waals surface area contributed by atoms with Crippen LogP contribution in [0.4, 0.5) is 4.39 Å². The average molecular weight is 448 g/mol. The van der Waals surface area contributed by atoms with Gasteiger partial charge in [0.25, 0.3) is 0 Å². The minimum absolute atomic E-state index is 0. The maximum atomic E-state index is 13.6. The number of nitrogens with zero attached hydrogens (tertiary/aromatic N) is 2. The second-order valence-corrected chi connectivity index (χ2v) is 6.09. The summed E-state index contributed by atoms with van der Waals surface area (Å²) >= 11 is 0. The normalized spacial score (nSPS) is 18.8. The Labute approximate surface area is 162 Å². The van der Waals surface area contributed by atoms with Crippen LogP contribution in [0.1, 0.15) is 38.7 Å². The Kier molecular flexibility index (Phi) is 10.2. The lowest BCUT2D eigenvalue weighted by Crippen LogP contribution is -2.45. The molecule has 1 heterocycles. The molecule has 0 bridgehead atoms. The number of hydrogen-bond acceptors (Lipinski definition) is 2.